The molecule has 0 aliphatic carbocycles. The van der Waals surface area contributed by atoms with Gasteiger partial charge in [-0.05, 0) is 19.4 Å². The first kappa shape index (κ1) is 18.1. The van der Waals surface area contributed by atoms with Crippen LogP contribution in [0.5, 0.6) is 0 Å². The first-order valence-corrected chi connectivity index (χ1v) is 9.68. The highest BCUT2D eigenvalue weighted by atomic mass is 32.1. The van der Waals surface area contributed by atoms with Crippen molar-refractivity contribution in [2.45, 2.75) is 19.4 Å². The summed E-state index contributed by atoms with van der Waals surface area (Å²) < 4.78 is 1.30. The lowest BCUT2D eigenvalue weighted by molar-refractivity contribution is -0.145. The lowest BCUT2D eigenvalue weighted by Crippen LogP contribution is -2.44. The van der Waals surface area contributed by atoms with Gasteiger partial charge in [-0.2, -0.15) is 0 Å². The molecule has 1 N–H and O–H groups in total. The van der Waals surface area contributed by atoms with E-state index in [1.807, 2.05) is 66.0 Å². The zero-order valence-electron chi connectivity index (χ0n) is 15.4. The summed E-state index contributed by atoms with van der Waals surface area (Å²) in [6.07, 6.45) is 0. The molecule has 2 heterocycles. The number of carboxylic acids is 1. The van der Waals surface area contributed by atoms with Gasteiger partial charge >= 0.3 is 5.97 Å². The lowest BCUT2D eigenvalue weighted by Gasteiger charge is -2.25. The minimum atomic E-state index is -1.46. The Morgan fingerprint density at radius 1 is 1.00 bits per heavy atom. The van der Waals surface area contributed by atoms with Crippen LogP contribution in [0.4, 0.5) is 0 Å². The van der Waals surface area contributed by atoms with Crippen LogP contribution < -0.4 is 5.56 Å². The average molecular weight is 390 g/mol. The maximum absolute atomic E-state index is 13.6. The lowest BCUT2D eigenvalue weighted by atomic mass is 10.0. The number of aromatic nitrogens is 2. The Morgan fingerprint density at radius 2 is 1.57 bits per heavy atom. The molecule has 6 heteroatoms. The Hall–Kier alpha value is -3.25. The number of benzene rings is 2. The number of rotatable bonds is 4. The molecule has 0 fully saturated rings. The van der Waals surface area contributed by atoms with E-state index in [2.05, 4.69) is 0 Å². The van der Waals surface area contributed by atoms with E-state index in [0.717, 1.165) is 11.1 Å². The Labute approximate surface area is 165 Å². The highest BCUT2D eigenvalue weighted by Gasteiger charge is 2.34. The molecule has 2 aromatic carbocycles. The SMILES string of the molecule is CC(C)(C(=O)O)n1c(-c2ccccc2)nc2scc(-c3ccccc3)c2c1=O. The van der Waals surface area contributed by atoms with Crippen LogP contribution in [-0.4, -0.2) is 20.6 Å². The van der Waals surface area contributed by atoms with E-state index < -0.39 is 11.5 Å². The smallest absolute Gasteiger partial charge is 0.329 e. The van der Waals surface area contributed by atoms with E-state index in [9.17, 15) is 14.7 Å². The first-order valence-electron chi connectivity index (χ1n) is 8.80. The standard InChI is InChI=1S/C22H18N2O3S/c1-22(2,21(26)27)24-18(15-11-7-4-8-12-15)23-19-17(20(24)25)16(13-28-19)14-9-5-3-6-10-14/h3-13H,1-2H3,(H,26,27). The number of carbonyl (C=O) groups is 1. The van der Waals surface area contributed by atoms with Gasteiger partial charge in [-0.3, -0.25) is 9.36 Å². The molecule has 0 spiro atoms. The summed E-state index contributed by atoms with van der Waals surface area (Å²) in [6, 6.07) is 18.8. The molecular weight excluding hydrogens is 372 g/mol. The molecule has 0 saturated heterocycles. The number of thiophene rings is 1. The molecule has 0 aliphatic heterocycles. The van der Waals surface area contributed by atoms with E-state index in [1.54, 1.807) is 0 Å². The number of hydrogen-bond acceptors (Lipinski definition) is 4. The Kier molecular flexibility index (Phi) is 4.35. The van der Waals surface area contributed by atoms with Gasteiger partial charge in [-0.1, -0.05) is 60.7 Å². The molecule has 0 radical (unpaired) electrons. The van der Waals surface area contributed by atoms with Crippen LogP contribution in [0.2, 0.25) is 0 Å². The Bertz CT molecular complexity index is 1230. The van der Waals surface area contributed by atoms with Crippen molar-refractivity contribution in [1.82, 2.24) is 9.55 Å². The van der Waals surface area contributed by atoms with Crippen LogP contribution in [-0.2, 0) is 10.3 Å². The fourth-order valence-corrected chi connectivity index (χ4v) is 4.15. The monoisotopic (exact) mass is 390 g/mol. The maximum atomic E-state index is 13.6. The van der Waals surface area contributed by atoms with Gasteiger partial charge in [-0.15, -0.1) is 11.3 Å². The molecule has 4 aromatic rings. The van der Waals surface area contributed by atoms with E-state index >= 15 is 0 Å². The summed E-state index contributed by atoms with van der Waals surface area (Å²) in [5.74, 6) is -0.739. The zero-order valence-corrected chi connectivity index (χ0v) is 16.2. The molecule has 0 bridgehead atoms. The van der Waals surface area contributed by atoms with E-state index in [-0.39, 0.29) is 5.56 Å². The van der Waals surface area contributed by atoms with E-state index in [0.29, 0.717) is 21.6 Å². The second-order valence-electron chi connectivity index (χ2n) is 7.00. The van der Waals surface area contributed by atoms with Crippen molar-refractivity contribution in [3.8, 4) is 22.5 Å². The summed E-state index contributed by atoms with van der Waals surface area (Å²) in [5, 5.41) is 12.2. The van der Waals surface area contributed by atoms with E-state index in [4.69, 9.17) is 4.98 Å². The number of aliphatic carboxylic acids is 1. The third-order valence-electron chi connectivity index (χ3n) is 4.81. The average Bonchev–Trinajstić information content (AvgIpc) is 3.13. The molecule has 5 nitrogen and oxygen atoms in total. The summed E-state index contributed by atoms with van der Waals surface area (Å²) >= 11 is 1.39. The fraction of sp³-hybridized carbons (Fsp3) is 0.136. The van der Waals surface area contributed by atoms with Gasteiger partial charge in [-0.25, -0.2) is 9.78 Å². The van der Waals surface area contributed by atoms with Crippen LogP contribution in [0.1, 0.15) is 13.8 Å². The molecule has 28 heavy (non-hydrogen) atoms. The van der Waals surface area contributed by atoms with Crippen LogP contribution in [0, 0.1) is 0 Å². The number of carboxylic acid groups (broad SMARTS) is 1. The van der Waals surface area contributed by atoms with E-state index in [1.165, 1.54) is 29.8 Å². The Morgan fingerprint density at radius 3 is 2.14 bits per heavy atom. The largest absolute Gasteiger partial charge is 0.480 e. The molecule has 2 aromatic heterocycles. The summed E-state index contributed by atoms with van der Waals surface area (Å²) in [5.41, 5.74) is 0.564. The van der Waals surface area contributed by atoms with Gasteiger partial charge in [0.1, 0.15) is 16.2 Å². The van der Waals surface area contributed by atoms with Crippen LogP contribution >= 0.6 is 11.3 Å². The molecule has 0 aliphatic rings. The second-order valence-corrected chi connectivity index (χ2v) is 7.86. The third kappa shape index (κ3) is 2.82. The summed E-state index contributed by atoms with van der Waals surface area (Å²) in [4.78, 5) is 30.9. The van der Waals surface area contributed by atoms with Gasteiger partial charge in [0.2, 0.25) is 0 Å². The highest BCUT2D eigenvalue weighted by molar-refractivity contribution is 7.17. The van der Waals surface area contributed by atoms with Gasteiger partial charge < -0.3 is 5.11 Å². The minimum absolute atomic E-state index is 0.351. The minimum Gasteiger partial charge on any atom is -0.480 e. The van der Waals surface area contributed by atoms with Gasteiger partial charge in [0.25, 0.3) is 5.56 Å². The molecule has 140 valence electrons. The van der Waals surface area contributed by atoms with Gasteiger partial charge in [0, 0.05) is 16.5 Å². The van der Waals surface area contributed by atoms with Crippen molar-refractivity contribution >= 4 is 27.5 Å². The molecule has 0 amide bonds. The zero-order chi connectivity index (χ0) is 19.9. The second kappa shape index (κ2) is 6.73. The Balaban J connectivity index is 2.12. The van der Waals surface area contributed by atoms with Gasteiger partial charge in [0.15, 0.2) is 0 Å². The number of fused-ring (bicyclic) bond motifs is 1. The van der Waals surface area contributed by atoms with Crippen molar-refractivity contribution in [2.75, 3.05) is 0 Å². The van der Waals surface area contributed by atoms with Crippen molar-refractivity contribution in [1.29, 1.82) is 0 Å². The highest BCUT2D eigenvalue weighted by Crippen LogP contribution is 2.33. The van der Waals surface area contributed by atoms with Crippen LogP contribution in [0.3, 0.4) is 0 Å². The summed E-state index contributed by atoms with van der Waals surface area (Å²) in [6.45, 7) is 3.04. The molecule has 0 atom stereocenters. The first-order chi connectivity index (χ1) is 13.4. The van der Waals surface area contributed by atoms with Crippen molar-refractivity contribution in [3.05, 3.63) is 76.4 Å². The normalized spacial score (nSPS) is 11.6. The molecule has 4 rings (SSSR count). The summed E-state index contributed by atoms with van der Waals surface area (Å²) in [7, 11) is 0. The molecule has 0 unspecified atom stereocenters. The van der Waals surface area contributed by atoms with Crippen molar-refractivity contribution in [3.63, 3.8) is 0 Å². The maximum Gasteiger partial charge on any atom is 0.329 e. The number of hydrogen-bond donors (Lipinski definition) is 1. The fourth-order valence-electron chi connectivity index (χ4n) is 3.22. The predicted octanol–water partition coefficient (Wildman–Crippen LogP) is 4.61. The number of nitrogens with zero attached hydrogens (tertiary/aromatic N) is 2. The topological polar surface area (TPSA) is 72.2 Å². The van der Waals surface area contributed by atoms with Crippen LogP contribution in [0.15, 0.2) is 70.8 Å². The third-order valence-corrected chi connectivity index (χ3v) is 5.68. The quantitative estimate of drug-likeness (QED) is 0.552. The molecular formula is C22H18N2O3S. The molecule has 0 saturated carbocycles. The predicted molar refractivity (Wildman–Crippen MR) is 112 cm³/mol. The van der Waals surface area contributed by atoms with Gasteiger partial charge in [0.05, 0.1) is 5.39 Å². The van der Waals surface area contributed by atoms with Crippen molar-refractivity contribution in [2.24, 2.45) is 0 Å². The van der Waals surface area contributed by atoms with Crippen molar-refractivity contribution < 1.29 is 9.90 Å². The van der Waals surface area contributed by atoms with Crippen LogP contribution in [0.25, 0.3) is 32.7 Å².